The van der Waals surface area contributed by atoms with Crippen LogP contribution in [0.25, 0.3) is 0 Å². The molecule has 0 saturated heterocycles. The second-order valence-corrected chi connectivity index (χ2v) is 6.65. The molecule has 7 heteroatoms. The number of carboxylic acids is 2. The van der Waals surface area contributed by atoms with Crippen molar-refractivity contribution in [3.8, 4) is 0 Å². The minimum atomic E-state index is -1.31. The maximum atomic E-state index is 11.7. The maximum absolute atomic E-state index is 11.7. The van der Waals surface area contributed by atoms with E-state index in [1.54, 1.807) is 0 Å². The molecule has 0 aliphatic rings. The Labute approximate surface area is 179 Å². The summed E-state index contributed by atoms with van der Waals surface area (Å²) in [5.41, 5.74) is 0. The minimum absolute atomic E-state index is 0. The SMILES string of the molecule is CCCCCCCCCCCCCC(=O)N[C@@H](CCC(=O)[O-])C(=O)O.[Na+]. The van der Waals surface area contributed by atoms with Gasteiger partial charge in [-0.15, -0.1) is 0 Å². The zero-order valence-corrected chi connectivity index (χ0v) is 18.6. The summed E-state index contributed by atoms with van der Waals surface area (Å²) in [6, 6.07) is -1.15. The number of unbranched alkanes of at least 4 members (excludes halogenated alkanes) is 10. The summed E-state index contributed by atoms with van der Waals surface area (Å²) < 4.78 is 0. The molecule has 146 valence electrons. The fourth-order valence-electron chi connectivity index (χ4n) is 2.74. The van der Waals surface area contributed by atoms with Crippen LogP contribution in [0.3, 0.4) is 0 Å². The monoisotopic (exact) mass is 379 g/mol. The molecule has 26 heavy (non-hydrogen) atoms. The van der Waals surface area contributed by atoms with Gasteiger partial charge in [0.15, 0.2) is 0 Å². The van der Waals surface area contributed by atoms with Gasteiger partial charge in [0.1, 0.15) is 6.04 Å². The Balaban J connectivity index is 0. The van der Waals surface area contributed by atoms with Gasteiger partial charge in [-0.1, -0.05) is 71.1 Å². The molecule has 0 aliphatic heterocycles. The second kappa shape index (κ2) is 19.2. The van der Waals surface area contributed by atoms with Crippen LogP contribution in [0.1, 0.15) is 96.8 Å². The molecule has 0 spiro atoms. The van der Waals surface area contributed by atoms with Crippen LogP contribution in [0.15, 0.2) is 0 Å². The van der Waals surface area contributed by atoms with Gasteiger partial charge >= 0.3 is 35.5 Å². The summed E-state index contributed by atoms with van der Waals surface area (Å²) in [7, 11) is 0. The molecule has 6 nitrogen and oxygen atoms in total. The number of aliphatic carboxylic acids is 2. The smallest absolute Gasteiger partial charge is 0.550 e. The second-order valence-electron chi connectivity index (χ2n) is 6.65. The van der Waals surface area contributed by atoms with Gasteiger partial charge in [-0.2, -0.15) is 0 Å². The van der Waals surface area contributed by atoms with E-state index in [1.165, 1.54) is 51.4 Å². The van der Waals surface area contributed by atoms with Gasteiger partial charge in [-0.3, -0.25) is 4.79 Å². The van der Waals surface area contributed by atoms with Crippen molar-refractivity contribution >= 4 is 17.8 Å². The molecular weight excluding hydrogens is 345 g/mol. The Morgan fingerprint density at radius 3 is 1.73 bits per heavy atom. The third kappa shape index (κ3) is 18.2. The van der Waals surface area contributed by atoms with Crippen LogP contribution in [0.4, 0.5) is 0 Å². The third-order valence-electron chi connectivity index (χ3n) is 4.28. The molecule has 2 N–H and O–H groups in total. The van der Waals surface area contributed by atoms with Crippen molar-refractivity contribution in [2.45, 2.75) is 103 Å². The molecule has 0 rings (SSSR count). The molecule has 0 heterocycles. The van der Waals surface area contributed by atoms with Crippen LogP contribution in [0, 0.1) is 0 Å². The van der Waals surface area contributed by atoms with E-state index in [9.17, 15) is 19.5 Å². The number of amides is 1. The number of carboxylic acid groups (broad SMARTS) is 2. The molecule has 1 amide bonds. The quantitative estimate of drug-likeness (QED) is 0.269. The van der Waals surface area contributed by atoms with Crippen LogP contribution in [-0.2, 0) is 14.4 Å². The zero-order valence-electron chi connectivity index (χ0n) is 16.6. The van der Waals surface area contributed by atoms with E-state index >= 15 is 0 Å². The Morgan fingerprint density at radius 2 is 1.31 bits per heavy atom. The van der Waals surface area contributed by atoms with E-state index < -0.39 is 18.0 Å². The van der Waals surface area contributed by atoms with Gasteiger partial charge in [-0.25, -0.2) is 4.79 Å². The van der Waals surface area contributed by atoms with Crippen molar-refractivity contribution < 1.29 is 54.2 Å². The van der Waals surface area contributed by atoms with Crippen LogP contribution >= 0.6 is 0 Å². The van der Waals surface area contributed by atoms with E-state index in [1.807, 2.05) is 0 Å². The summed E-state index contributed by atoms with van der Waals surface area (Å²) in [5, 5.41) is 21.7. The average molecular weight is 379 g/mol. The summed E-state index contributed by atoms with van der Waals surface area (Å²) >= 11 is 0. The number of carbonyl (C=O) groups is 3. The van der Waals surface area contributed by atoms with E-state index in [0.29, 0.717) is 0 Å². The Bertz CT molecular complexity index is 390. The first-order valence-electron chi connectivity index (χ1n) is 9.69. The molecule has 0 aromatic rings. The largest absolute Gasteiger partial charge is 1.00 e. The standard InChI is InChI=1S/C19H35NO5.Na/c1-2-3-4-5-6-7-8-9-10-11-12-13-17(21)20-16(19(24)25)14-15-18(22)23;/h16H,2-15H2,1H3,(H,20,21)(H,22,23)(H,24,25);/q;+1/p-1/t16-;/m0./s1. The van der Waals surface area contributed by atoms with E-state index in [0.717, 1.165) is 19.3 Å². The number of rotatable bonds is 17. The van der Waals surface area contributed by atoms with E-state index in [-0.39, 0.29) is 54.7 Å². The summed E-state index contributed by atoms with van der Waals surface area (Å²) in [6.45, 7) is 2.22. The summed E-state index contributed by atoms with van der Waals surface area (Å²) in [6.07, 6.45) is 12.8. The number of hydrogen-bond donors (Lipinski definition) is 2. The van der Waals surface area contributed by atoms with Crippen molar-refractivity contribution in [1.29, 1.82) is 0 Å². The number of carbonyl (C=O) groups excluding carboxylic acids is 2. The molecule has 0 aliphatic carbocycles. The summed E-state index contributed by atoms with van der Waals surface area (Å²) in [5.74, 6) is -2.86. The van der Waals surface area contributed by atoms with Crippen LogP contribution in [-0.4, -0.2) is 29.0 Å². The van der Waals surface area contributed by atoms with Gasteiger partial charge in [0.05, 0.1) is 0 Å². The molecular formula is C19H34NNaO5. The Kier molecular flexibility index (Phi) is 20.4. The normalized spacial score (nSPS) is 11.4. The predicted octanol–water partition coefficient (Wildman–Crippen LogP) is -0.209. The third-order valence-corrected chi connectivity index (χ3v) is 4.28. The van der Waals surface area contributed by atoms with Gasteiger partial charge in [0.25, 0.3) is 0 Å². The minimum Gasteiger partial charge on any atom is -0.550 e. The molecule has 0 aromatic carbocycles. The molecule has 0 aromatic heterocycles. The van der Waals surface area contributed by atoms with Gasteiger partial charge in [0, 0.05) is 12.4 Å². The molecule has 0 bridgehead atoms. The Hall–Kier alpha value is -0.590. The van der Waals surface area contributed by atoms with Crippen LogP contribution < -0.4 is 40.0 Å². The van der Waals surface area contributed by atoms with Crippen LogP contribution in [0.5, 0.6) is 0 Å². The topological polar surface area (TPSA) is 107 Å². The predicted molar refractivity (Wildman–Crippen MR) is 94.9 cm³/mol. The van der Waals surface area contributed by atoms with Crippen molar-refractivity contribution in [1.82, 2.24) is 5.32 Å². The number of nitrogens with one attached hydrogen (secondary N) is 1. The van der Waals surface area contributed by atoms with Gasteiger partial charge in [0.2, 0.25) is 5.91 Å². The van der Waals surface area contributed by atoms with Gasteiger partial charge in [-0.05, 0) is 19.3 Å². The molecule has 0 unspecified atom stereocenters. The van der Waals surface area contributed by atoms with Crippen molar-refractivity contribution in [2.75, 3.05) is 0 Å². The molecule has 0 radical (unpaired) electrons. The van der Waals surface area contributed by atoms with E-state index in [2.05, 4.69) is 12.2 Å². The van der Waals surface area contributed by atoms with Crippen molar-refractivity contribution in [3.05, 3.63) is 0 Å². The van der Waals surface area contributed by atoms with Crippen LogP contribution in [0.2, 0.25) is 0 Å². The Morgan fingerprint density at radius 1 is 0.846 bits per heavy atom. The first-order chi connectivity index (χ1) is 12.0. The fraction of sp³-hybridized carbons (Fsp3) is 0.842. The van der Waals surface area contributed by atoms with Gasteiger partial charge < -0.3 is 20.3 Å². The zero-order chi connectivity index (χ0) is 18.9. The van der Waals surface area contributed by atoms with E-state index in [4.69, 9.17) is 5.11 Å². The first-order valence-corrected chi connectivity index (χ1v) is 9.69. The van der Waals surface area contributed by atoms with Crippen molar-refractivity contribution in [3.63, 3.8) is 0 Å². The summed E-state index contributed by atoms with van der Waals surface area (Å²) in [4.78, 5) is 33.1. The fourth-order valence-corrected chi connectivity index (χ4v) is 2.74. The maximum Gasteiger partial charge on any atom is 1.00 e. The number of hydrogen-bond acceptors (Lipinski definition) is 4. The molecule has 0 fully saturated rings. The average Bonchev–Trinajstić information content (AvgIpc) is 2.56. The van der Waals surface area contributed by atoms with Crippen molar-refractivity contribution in [2.24, 2.45) is 0 Å². The first kappa shape index (κ1) is 27.6. The molecule has 0 saturated carbocycles. The molecule has 1 atom stereocenters.